The fourth-order valence-corrected chi connectivity index (χ4v) is 3.92. The normalized spacial score (nSPS) is 14.1. The van der Waals surface area contributed by atoms with Gasteiger partial charge in [-0.15, -0.1) is 0 Å². The number of nitrogens with one attached hydrogen (secondary N) is 1. The number of nitrogens with zero attached hydrogens (tertiary/aromatic N) is 2. The molecule has 7 heteroatoms. The number of para-hydroxylation sites is 1. The van der Waals surface area contributed by atoms with E-state index in [9.17, 15) is 18.4 Å². The molecule has 0 bridgehead atoms. The standard InChI is InChI=1S/C23H21F2N3O2/c24-17-7-3-5-15(11-17)14-28(19-8-1-2-9-19)23(30)22(29)27-18-12-16-6-4-10-20(25)21(16)26-13-18/h3-7,10-13,19H,1-2,8-9,14H2,(H,27,29). The van der Waals surface area contributed by atoms with Crippen molar-refractivity contribution in [1.29, 1.82) is 0 Å². The van der Waals surface area contributed by atoms with Crippen LogP contribution in [-0.4, -0.2) is 27.7 Å². The maximum Gasteiger partial charge on any atom is 0.313 e. The average molecular weight is 409 g/mol. The Bertz CT molecular complexity index is 1100. The summed E-state index contributed by atoms with van der Waals surface area (Å²) in [5.74, 6) is -2.31. The molecule has 0 atom stereocenters. The van der Waals surface area contributed by atoms with Crippen LogP contribution in [0, 0.1) is 11.6 Å². The number of carbonyl (C=O) groups is 2. The van der Waals surface area contributed by atoms with E-state index >= 15 is 0 Å². The fraction of sp³-hybridized carbons (Fsp3) is 0.261. The minimum atomic E-state index is -0.796. The number of anilines is 1. The summed E-state index contributed by atoms with van der Waals surface area (Å²) in [5.41, 5.74) is 1.13. The summed E-state index contributed by atoms with van der Waals surface area (Å²) >= 11 is 0. The second-order valence-electron chi connectivity index (χ2n) is 7.49. The lowest BCUT2D eigenvalue weighted by Crippen LogP contribution is -2.44. The molecule has 0 spiro atoms. The highest BCUT2D eigenvalue weighted by molar-refractivity contribution is 6.39. The Balaban J connectivity index is 1.54. The predicted molar refractivity (Wildman–Crippen MR) is 110 cm³/mol. The summed E-state index contributed by atoms with van der Waals surface area (Å²) in [5, 5.41) is 3.09. The molecule has 1 saturated carbocycles. The van der Waals surface area contributed by atoms with Gasteiger partial charge >= 0.3 is 11.8 Å². The van der Waals surface area contributed by atoms with E-state index < -0.39 is 17.6 Å². The molecule has 1 fully saturated rings. The lowest BCUT2D eigenvalue weighted by molar-refractivity contribution is -0.145. The first kappa shape index (κ1) is 19.9. The Labute approximate surface area is 172 Å². The van der Waals surface area contributed by atoms with Gasteiger partial charge in [-0.25, -0.2) is 8.78 Å². The van der Waals surface area contributed by atoms with Crippen LogP contribution in [0.25, 0.3) is 10.9 Å². The van der Waals surface area contributed by atoms with Crippen LogP contribution in [0.3, 0.4) is 0 Å². The van der Waals surface area contributed by atoms with Crippen molar-refractivity contribution in [1.82, 2.24) is 9.88 Å². The number of carbonyl (C=O) groups excluding carboxylic acids is 2. The molecule has 30 heavy (non-hydrogen) atoms. The summed E-state index contributed by atoms with van der Waals surface area (Å²) in [7, 11) is 0. The van der Waals surface area contributed by atoms with E-state index in [1.165, 1.54) is 29.3 Å². The summed E-state index contributed by atoms with van der Waals surface area (Å²) in [4.78, 5) is 31.2. The van der Waals surface area contributed by atoms with Crippen molar-refractivity contribution in [3.63, 3.8) is 0 Å². The number of rotatable bonds is 4. The Morgan fingerprint density at radius 2 is 1.83 bits per heavy atom. The first-order valence-corrected chi connectivity index (χ1v) is 9.92. The van der Waals surface area contributed by atoms with Gasteiger partial charge in [0.15, 0.2) is 0 Å². The Morgan fingerprint density at radius 1 is 1.07 bits per heavy atom. The van der Waals surface area contributed by atoms with Crippen LogP contribution in [0.2, 0.25) is 0 Å². The van der Waals surface area contributed by atoms with Gasteiger partial charge in [0.25, 0.3) is 0 Å². The van der Waals surface area contributed by atoms with E-state index in [0.717, 1.165) is 25.7 Å². The first-order valence-electron chi connectivity index (χ1n) is 9.92. The molecule has 0 radical (unpaired) electrons. The number of amides is 2. The minimum absolute atomic E-state index is 0.0599. The zero-order valence-corrected chi connectivity index (χ0v) is 16.3. The lowest BCUT2D eigenvalue weighted by atomic mass is 10.1. The molecular weight excluding hydrogens is 388 g/mol. The fourth-order valence-electron chi connectivity index (χ4n) is 3.92. The van der Waals surface area contributed by atoms with Gasteiger partial charge in [0, 0.05) is 18.0 Å². The number of hydrogen-bond donors (Lipinski definition) is 1. The minimum Gasteiger partial charge on any atom is -0.327 e. The van der Waals surface area contributed by atoms with E-state index in [-0.39, 0.29) is 23.9 Å². The second kappa shape index (κ2) is 8.57. The van der Waals surface area contributed by atoms with Crippen LogP contribution in [-0.2, 0) is 16.1 Å². The third kappa shape index (κ3) is 4.30. The van der Waals surface area contributed by atoms with Crippen LogP contribution in [0.15, 0.2) is 54.7 Å². The number of pyridine rings is 1. The smallest absolute Gasteiger partial charge is 0.313 e. The van der Waals surface area contributed by atoms with Gasteiger partial charge in [-0.3, -0.25) is 14.6 Å². The van der Waals surface area contributed by atoms with Gasteiger partial charge in [-0.2, -0.15) is 0 Å². The van der Waals surface area contributed by atoms with Crippen LogP contribution in [0.4, 0.5) is 14.5 Å². The highest BCUT2D eigenvalue weighted by atomic mass is 19.1. The topological polar surface area (TPSA) is 62.3 Å². The van der Waals surface area contributed by atoms with Crippen molar-refractivity contribution in [3.05, 3.63) is 71.9 Å². The molecule has 1 aromatic heterocycles. The third-order valence-corrected chi connectivity index (χ3v) is 5.38. The van der Waals surface area contributed by atoms with Crippen molar-refractivity contribution >= 4 is 28.4 Å². The van der Waals surface area contributed by atoms with Gasteiger partial charge in [0.05, 0.1) is 11.9 Å². The molecule has 154 valence electrons. The molecule has 2 amide bonds. The second-order valence-corrected chi connectivity index (χ2v) is 7.49. The molecule has 1 heterocycles. The Hall–Kier alpha value is -3.35. The highest BCUT2D eigenvalue weighted by Crippen LogP contribution is 2.26. The maximum atomic E-state index is 13.8. The number of benzene rings is 2. The number of halogens is 2. The van der Waals surface area contributed by atoms with Crippen molar-refractivity contribution in [2.45, 2.75) is 38.3 Å². The molecule has 5 nitrogen and oxygen atoms in total. The van der Waals surface area contributed by atoms with Gasteiger partial charge in [0.2, 0.25) is 0 Å². The van der Waals surface area contributed by atoms with Crippen LogP contribution in [0.1, 0.15) is 31.2 Å². The molecule has 3 aromatic rings. The number of fused-ring (bicyclic) bond motifs is 1. The predicted octanol–water partition coefficient (Wildman–Crippen LogP) is 4.42. The molecule has 2 aromatic carbocycles. The summed E-state index contributed by atoms with van der Waals surface area (Å²) in [6.45, 7) is 0.163. The summed E-state index contributed by atoms with van der Waals surface area (Å²) < 4.78 is 27.4. The quantitative estimate of drug-likeness (QED) is 0.649. The maximum absolute atomic E-state index is 13.8. The van der Waals surface area contributed by atoms with Crippen molar-refractivity contribution in [3.8, 4) is 0 Å². The monoisotopic (exact) mass is 409 g/mol. The van der Waals surface area contributed by atoms with Gasteiger partial charge in [-0.1, -0.05) is 37.1 Å². The van der Waals surface area contributed by atoms with Crippen molar-refractivity contribution in [2.24, 2.45) is 0 Å². The average Bonchev–Trinajstić information content (AvgIpc) is 3.26. The third-order valence-electron chi connectivity index (χ3n) is 5.38. The van der Waals surface area contributed by atoms with Crippen LogP contribution >= 0.6 is 0 Å². The lowest BCUT2D eigenvalue weighted by Gasteiger charge is -2.28. The number of hydrogen-bond acceptors (Lipinski definition) is 3. The van der Waals surface area contributed by atoms with E-state index in [1.54, 1.807) is 30.3 Å². The molecular formula is C23H21F2N3O2. The largest absolute Gasteiger partial charge is 0.327 e. The molecule has 0 unspecified atom stereocenters. The van der Waals surface area contributed by atoms with E-state index in [0.29, 0.717) is 16.6 Å². The molecule has 4 rings (SSSR count). The van der Waals surface area contributed by atoms with Crippen molar-refractivity contribution in [2.75, 3.05) is 5.32 Å². The Kier molecular flexibility index (Phi) is 5.70. The van der Waals surface area contributed by atoms with E-state index in [4.69, 9.17) is 0 Å². The molecule has 0 saturated heterocycles. The van der Waals surface area contributed by atoms with Crippen LogP contribution in [0.5, 0.6) is 0 Å². The van der Waals surface area contributed by atoms with Crippen molar-refractivity contribution < 1.29 is 18.4 Å². The SMILES string of the molecule is O=C(Nc1cnc2c(F)cccc2c1)C(=O)N(Cc1cccc(F)c1)C1CCCC1. The zero-order valence-electron chi connectivity index (χ0n) is 16.3. The van der Waals surface area contributed by atoms with E-state index in [2.05, 4.69) is 10.3 Å². The van der Waals surface area contributed by atoms with Gasteiger partial charge < -0.3 is 10.2 Å². The Morgan fingerprint density at radius 3 is 2.60 bits per heavy atom. The van der Waals surface area contributed by atoms with Gasteiger partial charge in [0.1, 0.15) is 17.2 Å². The van der Waals surface area contributed by atoms with E-state index in [1.807, 2.05) is 0 Å². The molecule has 1 aliphatic carbocycles. The van der Waals surface area contributed by atoms with Crippen LogP contribution < -0.4 is 5.32 Å². The van der Waals surface area contributed by atoms with Gasteiger partial charge in [-0.05, 0) is 42.7 Å². The summed E-state index contributed by atoms with van der Waals surface area (Å²) in [6, 6.07) is 12.1. The first-order chi connectivity index (χ1) is 14.5. The molecule has 1 N–H and O–H groups in total. The molecule has 1 aliphatic rings. The summed E-state index contributed by atoms with van der Waals surface area (Å²) in [6.07, 6.45) is 4.91. The number of aromatic nitrogens is 1. The highest BCUT2D eigenvalue weighted by Gasteiger charge is 2.31. The molecule has 0 aliphatic heterocycles. The zero-order chi connectivity index (χ0) is 21.1.